The molecular formula is C26H36Cl2SiZr. The summed E-state index contributed by atoms with van der Waals surface area (Å²) in [5.41, 5.74) is 9.09. The summed E-state index contributed by atoms with van der Waals surface area (Å²) in [7, 11) is 0. The molecule has 0 heterocycles. The van der Waals surface area contributed by atoms with E-state index in [0.717, 1.165) is 13.7 Å². The van der Waals surface area contributed by atoms with E-state index >= 15 is 0 Å². The van der Waals surface area contributed by atoms with Crippen LogP contribution in [0.5, 0.6) is 0 Å². The Kier molecular flexibility index (Phi) is 7.63. The van der Waals surface area contributed by atoms with Crippen LogP contribution in [-0.2, 0) is 23.8 Å². The van der Waals surface area contributed by atoms with Crippen LogP contribution in [0.25, 0.3) is 11.1 Å². The molecule has 0 unspecified atom stereocenters. The summed E-state index contributed by atoms with van der Waals surface area (Å²) < 4.78 is 5.06. The van der Waals surface area contributed by atoms with Gasteiger partial charge >= 0.3 is 174 Å². The first kappa shape index (κ1) is 25.9. The maximum atomic E-state index is 2.53. The van der Waals surface area contributed by atoms with Crippen LogP contribution in [-0.4, -0.2) is 6.88 Å². The summed E-state index contributed by atoms with van der Waals surface area (Å²) in [5, 5.41) is 0. The van der Waals surface area contributed by atoms with Crippen molar-refractivity contribution in [2.24, 2.45) is 0 Å². The number of rotatable bonds is 4. The van der Waals surface area contributed by atoms with Gasteiger partial charge in [-0.1, -0.05) is 0 Å². The molecule has 162 valence electrons. The molecule has 0 amide bonds. The smallest absolute Gasteiger partial charge is 0.147 e. The van der Waals surface area contributed by atoms with E-state index in [-0.39, 0.29) is 24.8 Å². The van der Waals surface area contributed by atoms with Gasteiger partial charge in [0.25, 0.3) is 0 Å². The third-order valence-electron chi connectivity index (χ3n) is 8.20. The molecular weight excluding hydrogens is 503 g/mol. The van der Waals surface area contributed by atoms with E-state index in [4.69, 9.17) is 0 Å². The first-order chi connectivity index (χ1) is 13.2. The SMILES string of the molecule is Cc1ccc2c(c1)Cc1c-2ccc(C)[c]1[Zr](=[SiH2])([C]1=CC=CC1)([CH](C)C)[CH](C)C.Cl.Cl. The second kappa shape index (κ2) is 8.86. The van der Waals surface area contributed by atoms with Gasteiger partial charge in [-0.05, 0) is 0 Å². The number of fused-ring (bicyclic) bond motifs is 3. The van der Waals surface area contributed by atoms with Crippen LogP contribution in [0.1, 0.15) is 56.4 Å². The van der Waals surface area contributed by atoms with Gasteiger partial charge in [0.2, 0.25) is 0 Å². The molecule has 0 fully saturated rings. The van der Waals surface area contributed by atoms with Crippen molar-refractivity contribution in [1.29, 1.82) is 0 Å². The minimum absolute atomic E-state index is 0. The number of allylic oxidation sites excluding steroid dienone is 4. The number of halogens is 2. The van der Waals surface area contributed by atoms with Crippen molar-refractivity contribution in [3.8, 4) is 11.1 Å². The first-order valence-electron chi connectivity index (χ1n) is 10.8. The molecule has 2 aliphatic carbocycles. The van der Waals surface area contributed by atoms with Crippen molar-refractivity contribution in [2.75, 3.05) is 0 Å². The Bertz CT molecular complexity index is 1090. The Hall–Kier alpha value is -0.400. The Labute approximate surface area is 197 Å². The maximum Gasteiger partial charge on any atom is -0.147 e. The van der Waals surface area contributed by atoms with Crippen LogP contribution in [0.15, 0.2) is 51.8 Å². The van der Waals surface area contributed by atoms with Crippen molar-refractivity contribution >= 4 is 35.0 Å². The predicted octanol–water partition coefficient (Wildman–Crippen LogP) is 7.08. The normalized spacial score (nSPS) is 14.9. The number of benzene rings is 2. The summed E-state index contributed by atoms with van der Waals surface area (Å²) in [6, 6.07) is 11.9. The van der Waals surface area contributed by atoms with E-state index in [1.54, 1.807) is 14.4 Å². The van der Waals surface area contributed by atoms with Crippen LogP contribution in [0.2, 0.25) is 7.25 Å². The summed E-state index contributed by atoms with van der Waals surface area (Å²) in [4.78, 5) is 0. The van der Waals surface area contributed by atoms with Gasteiger partial charge < -0.3 is 0 Å². The molecule has 0 bridgehead atoms. The largest absolute Gasteiger partial charge is 0.147 e. The molecule has 0 saturated carbocycles. The van der Waals surface area contributed by atoms with E-state index in [2.05, 4.69) is 97.0 Å². The molecule has 2 aliphatic rings. The first-order valence-corrected chi connectivity index (χ1v) is 22.0. The maximum absolute atomic E-state index is 3.52. The summed E-state index contributed by atoms with van der Waals surface area (Å²) >= 11 is -3.52. The van der Waals surface area contributed by atoms with Crippen molar-refractivity contribution in [3.05, 3.63) is 74.1 Å². The molecule has 0 aliphatic heterocycles. The van der Waals surface area contributed by atoms with Crippen molar-refractivity contribution in [3.63, 3.8) is 0 Å². The van der Waals surface area contributed by atoms with Gasteiger partial charge in [-0.25, -0.2) is 0 Å². The molecule has 2 aromatic carbocycles. The topological polar surface area (TPSA) is 0 Å². The standard InChI is InChI=1S/C15H13.C5H5.2C3H7.2ClH.H2Si.Zr/c1-10-3-5-14-12(7-10)9-13-8-11(2)4-6-15(13)14;1-2-4-5-3-1;2*1-3-2;;;;/h3-7H,9H2,1-2H3;1-3H,4H2;2*3H,1-2H3;2*1H;1H2;. The molecule has 0 spiro atoms. The predicted molar refractivity (Wildman–Crippen MR) is 139 cm³/mol. The zero-order chi connectivity index (χ0) is 20.3. The van der Waals surface area contributed by atoms with Crippen molar-refractivity contribution in [2.45, 2.75) is 61.6 Å². The molecule has 0 atom stereocenters. The quantitative estimate of drug-likeness (QED) is 0.311. The van der Waals surface area contributed by atoms with Crippen LogP contribution in [0.4, 0.5) is 0 Å². The number of hydrogen-bond donors (Lipinski definition) is 0. The fourth-order valence-corrected chi connectivity index (χ4v) is 28.9. The number of aryl methyl sites for hydroxylation is 2. The van der Waals surface area contributed by atoms with Gasteiger partial charge in [-0.2, -0.15) is 0 Å². The van der Waals surface area contributed by atoms with Gasteiger partial charge in [0.05, 0.1) is 0 Å². The molecule has 2 aromatic rings. The molecule has 0 N–H and O–H groups in total. The molecule has 4 rings (SSSR count). The molecule has 0 nitrogen and oxygen atoms in total. The number of hydrogen-bond acceptors (Lipinski definition) is 0. The Morgan fingerprint density at radius 1 is 0.900 bits per heavy atom. The van der Waals surface area contributed by atoms with Gasteiger partial charge in [0.15, 0.2) is 0 Å². The third kappa shape index (κ3) is 3.33. The monoisotopic (exact) mass is 536 g/mol. The Morgan fingerprint density at radius 2 is 1.53 bits per heavy atom. The van der Waals surface area contributed by atoms with Crippen LogP contribution in [0, 0.1) is 13.8 Å². The zero-order valence-electron chi connectivity index (χ0n) is 19.2. The Balaban J connectivity index is 0.00000160. The molecule has 4 heteroatoms. The average molecular weight is 539 g/mol. The third-order valence-corrected chi connectivity index (χ3v) is 44.9. The summed E-state index contributed by atoms with van der Waals surface area (Å²) in [6.07, 6.45) is 9.49. The second-order valence-corrected chi connectivity index (χ2v) is 35.4. The average Bonchev–Trinajstić information content (AvgIpc) is 3.28. The second-order valence-electron chi connectivity index (χ2n) is 9.89. The molecule has 0 aromatic heterocycles. The van der Waals surface area contributed by atoms with Crippen LogP contribution in [0.3, 0.4) is 0 Å². The van der Waals surface area contributed by atoms with Crippen molar-refractivity contribution < 1.29 is 17.4 Å². The van der Waals surface area contributed by atoms with Gasteiger partial charge in [-0.3, -0.25) is 0 Å². The fraction of sp³-hybridized carbons (Fsp3) is 0.385. The minimum atomic E-state index is -3.52. The van der Waals surface area contributed by atoms with Crippen LogP contribution >= 0.6 is 24.8 Å². The van der Waals surface area contributed by atoms with E-state index in [9.17, 15) is 0 Å². The van der Waals surface area contributed by atoms with Gasteiger partial charge in [-0.15, -0.1) is 24.8 Å². The van der Waals surface area contributed by atoms with Gasteiger partial charge in [0.1, 0.15) is 0 Å². The minimum Gasteiger partial charge on any atom is -0.147 e. The summed E-state index contributed by atoms with van der Waals surface area (Å²) in [6.45, 7) is 17.2. The van der Waals surface area contributed by atoms with E-state index < -0.39 is 17.4 Å². The van der Waals surface area contributed by atoms with E-state index in [1.165, 1.54) is 28.7 Å². The van der Waals surface area contributed by atoms with Crippen molar-refractivity contribution in [1.82, 2.24) is 0 Å². The summed E-state index contributed by atoms with van der Waals surface area (Å²) in [5.74, 6) is 0. The molecule has 30 heavy (non-hydrogen) atoms. The molecule has 0 saturated heterocycles. The van der Waals surface area contributed by atoms with Crippen LogP contribution < -0.4 is 3.27 Å². The van der Waals surface area contributed by atoms with E-state index in [1.807, 2.05) is 3.27 Å². The molecule has 0 radical (unpaired) electrons. The van der Waals surface area contributed by atoms with Gasteiger partial charge in [0, 0.05) is 0 Å². The van der Waals surface area contributed by atoms with E-state index in [0.29, 0.717) is 0 Å². The fourth-order valence-electron chi connectivity index (χ4n) is 6.38. The Morgan fingerprint density at radius 3 is 2.10 bits per heavy atom. The zero-order valence-corrected chi connectivity index (χ0v) is 24.7.